The summed E-state index contributed by atoms with van der Waals surface area (Å²) in [7, 11) is 0. The first kappa shape index (κ1) is 12.0. The van der Waals surface area contributed by atoms with E-state index < -0.39 is 6.10 Å². The van der Waals surface area contributed by atoms with Crippen molar-refractivity contribution in [2.75, 3.05) is 6.54 Å². The second-order valence-corrected chi connectivity index (χ2v) is 5.61. The molecule has 0 aromatic carbocycles. The van der Waals surface area contributed by atoms with Crippen molar-refractivity contribution in [3.63, 3.8) is 0 Å². The van der Waals surface area contributed by atoms with Crippen LogP contribution in [0, 0.1) is 0 Å². The van der Waals surface area contributed by atoms with Crippen molar-refractivity contribution in [1.29, 1.82) is 0 Å². The number of nitrogens with one attached hydrogen (secondary N) is 2. The molecule has 0 aliphatic carbocycles. The van der Waals surface area contributed by atoms with E-state index in [-0.39, 0.29) is 11.9 Å². The summed E-state index contributed by atoms with van der Waals surface area (Å²) in [6.07, 6.45) is 0.0986. The molecule has 1 amide bonds. The summed E-state index contributed by atoms with van der Waals surface area (Å²) >= 11 is 5.02. The molecule has 0 radical (unpaired) electrons. The van der Waals surface area contributed by atoms with Gasteiger partial charge in [0.2, 0.25) is 5.91 Å². The van der Waals surface area contributed by atoms with Crippen LogP contribution in [0.2, 0.25) is 0 Å². The first-order chi connectivity index (χ1) is 7.66. The smallest absolute Gasteiger partial charge is 0.237 e. The Labute approximate surface area is 106 Å². The average molecular weight is 305 g/mol. The Morgan fingerprint density at radius 3 is 3.12 bits per heavy atom. The van der Waals surface area contributed by atoms with Crippen LogP contribution in [0.25, 0.3) is 0 Å². The van der Waals surface area contributed by atoms with Gasteiger partial charge in [0, 0.05) is 15.9 Å². The maximum Gasteiger partial charge on any atom is 0.237 e. The molecule has 16 heavy (non-hydrogen) atoms. The van der Waals surface area contributed by atoms with E-state index in [1.165, 1.54) is 0 Å². The number of carbonyl (C=O) groups is 1. The number of thiophene rings is 1. The molecule has 2 rings (SSSR count). The minimum Gasteiger partial charge on any atom is -0.392 e. The molecule has 1 saturated heterocycles. The lowest BCUT2D eigenvalue weighted by Gasteiger charge is -2.10. The summed E-state index contributed by atoms with van der Waals surface area (Å²) in [5, 5.41) is 17.1. The maximum absolute atomic E-state index is 11.7. The number of halogens is 1. The van der Waals surface area contributed by atoms with Gasteiger partial charge in [0.25, 0.3) is 0 Å². The lowest BCUT2D eigenvalue weighted by atomic mass is 10.2. The molecule has 1 aliphatic rings. The van der Waals surface area contributed by atoms with Crippen LogP contribution in [0.3, 0.4) is 0 Å². The van der Waals surface area contributed by atoms with Crippen molar-refractivity contribution in [3.8, 4) is 0 Å². The zero-order valence-electron chi connectivity index (χ0n) is 8.57. The standard InChI is InChI=1S/C10H13BrN2O2S/c11-7-1-2-16-9(7)5-13-10(15)8-3-6(14)4-12-8/h1-2,6,8,12,14H,3-5H2,(H,13,15). The van der Waals surface area contributed by atoms with Gasteiger partial charge in [-0.15, -0.1) is 11.3 Å². The predicted molar refractivity (Wildman–Crippen MR) is 66.3 cm³/mol. The SMILES string of the molecule is O=C(NCc1sccc1Br)C1CC(O)CN1. The van der Waals surface area contributed by atoms with Crippen LogP contribution in [0.15, 0.2) is 15.9 Å². The maximum atomic E-state index is 11.7. The molecule has 4 nitrogen and oxygen atoms in total. The monoisotopic (exact) mass is 304 g/mol. The minimum atomic E-state index is -0.399. The van der Waals surface area contributed by atoms with Crippen LogP contribution in [0.5, 0.6) is 0 Å². The van der Waals surface area contributed by atoms with E-state index in [1.807, 2.05) is 11.4 Å². The van der Waals surface area contributed by atoms with Crippen LogP contribution < -0.4 is 10.6 Å². The molecule has 1 aromatic heterocycles. The van der Waals surface area contributed by atoms with E-state index in [0.717, 1.165) is 9.35 Å². The Balaban J connectivity index is 1.82. The largest absolute Gasteiger partial charge is 0.392 e. The van der Waals surface area contributed by atoms with Gasteiger partial charge in [-0.1, -0.05) is 0 Å². The zero-order valence-corrected chi connectivity index (χ0v) is 11.0. The Bertz CT molecular complexity index is 383. The minimum absolute atomic E-state index is 0.0446. The molecule has 0 bridgehead atoms. The van der Waals surface area contributed by atoms with Gasteiger partial charge in [-0.25, -0.2) is 0 Å². The third kappa shape index (κ3) is 2.82. The number of aliphatic hydroxyl groups is 1. The molecule has 2 atom stereocenters. The van der Waals surface area contributed by atoms with Gasteiger partial charge in [-0.3, -0.25) is 4.79 Å². The van der Waals surface area contributed by atoms with E-state index in [1.54, 1.807) is 11.3 Å². The van der Waals surface area contributed by atoms with Crippen molar-refractivity contribution >= 4 is 33.2 Å². The van der Waals surface area contributed by atoms with Crippen molar-refractivity contribution in [1.82, 2.24) is 10.6 Å². The summed E-state index contributed by atoms with van der Waals surface area (Å²) < 4.78 is 1.03. The average Bonchev–Trinajstić information content (AvgIpc) is 2.84. The second-order valence-electron chi connectivity index (χ2n) is 3.76. The normalized spacial score (nSPS) is 24.6. The van der Waals surface area contributed by atoms with E-state index in [2.05, 4.69) is 26.6 Å². The lowest BCUT2D eigenvalue weighted by molar-refractivity contribution is -0.123. The number of aliphatic hydroxyl groups excluding tert-OH is 1. The fraction of sp³-hybridized carbons (Fsp3) is 0.500. The third-order valence-electron chi connectivity index (χ3n) is 2.54. The van der Waals surface area contributed by atoms with Gasteiger partial charge in [-0.05, 0) is 33.8 Å². The van der Waals surface area contributed by atoms with Crippen LogP contribution in [0.1, 0.15) is 11.3 Å². The van der Waals surface area contributed by atoms with E-state index in [0.29, 0.717) is 19.5 Å². The molecule has 1 fully saturated rings. The van der Waals surface area contributed by atoms with E-state index in [4.69, 9.17) is 0 Å². The number of carbonyl (C=O) groups excluding carboxylic acids is 1. The molecule has 3 N–H and O–H groups in total. The van der Waals surface area contributed by atoms with Crippen molar-refractivity contribution in [3.05, 3.63) is 20.8 Å². The summed E-state index contributed by atoms with van der Waals surface area (Å²) in [5.74, 6) is -0.0446. The first-order valence-corrected chi connectivity index (χ1v) is 6.75. The number of hydrogen-bond acceptors (Lipinski definition) is 4. The van der Waals surface area contributed by atoms with Gasteiger partial charge < -0.3 is 15.7 Å². The Morgan fingerprint density at radius 1 is 1.75 bits per heavy atom. The molecule has 2 heterocycles. The first-order valence-electron chi connectivity index (χ1n) is 5.08. The van der Waals surface area contributed by atoms with Crippen LogP contribution in [0.4, 0.5) is 0 Å². The van der Waals surface area contributed by atoms with Crippen LogP contribution >= 0.6 is 27.3 Å². The highest BCUT2D eigenvalue weighted by atomic mass is 79.9. The van der Waals surface area contributed by atoms with E-state index in [9.17, 15) is 9.90 Å². The van der Waals surface area contributed by atoms with Gasteiger partial charge >= 0.3 is 0 Å². The number of rotatable bonds is 3. The van der Waals surface area contributed by atoms with Crippen molar-refractivity contribution in [2.24, 2.45) is 0 Å². The van der Waals surface area contributed by atoms with Gasteiger partial charge in [0.05, 0.1) is 18.7 Å². The molecular formula is C10H13BrN2O2S. The second kappa shape index (κ2) is 5.27. The Kier molecular flexibility index (Phi) is 3.96. The molecular weight excluding hydrogens is 292 g/mol. The fourth-order valence-electron chi connectivity index (χ4n) is 1.66. The summed E-state index contributed by atoms with van der Waals surface area (Å²) in [6, 6.07) is 1.71. The van der Waals surface area contributed by atoms with E-state index >= 15 is 0 Å². The van der Waals surface area contributed by atoms with Crippen LogP contribution in [-0.2, 0) is 11.3 Å². The summed E-state index contributed by atoms with van der Waals surface area (Å²) in [5.41, 5.74) is 0. The molecule has 2 unspecified atom stereocenters. The molecule has 0 saturated carbocycles. The lowest BCUT2D eigenvalue weighted by Crippen LogP contribution is -2.39. The Hall–Kier alpha value is -0.430. The molecule has 88 valence electrons. The Morgan fingerprint density at radius 2 is 2.56 bits per heavy atom. The number of hydrogen-bond donors (Lipinski definition) is 3. The summed E-state index contributed by atoms with van der Waals surface area (Å²) in [4.78, 5) is 12.8. The molecule has 1 aliphatic heterocycles. The molecule has 0 spiro atoms. The highest BCUT2D eigenvalue weighted by molar-refractivity contribution is 9.10. The molecule has 6 heteroatoms. The fourth-order valence-corrected chi connectivity index (χ4v) is 3.09. The number of amides is 1. The van der Waals surface area contributed by atoms with Crippen molar-refractivity contribution < 1.29 is 9.90 Å². The highest BCUT2D eigenvalue weighted by Gasteiger charge is 2.27. The van der Waals surface area contributed by atoms with Crippen LogP contribution in [-0.4, -0.2) is 29.7 Å². The zero-order chi connectivity index (χ0) is 11.5. The van der Waals surface area contributed by atoms with Gasteiger partial charge in [0.15, 0.2) is 0 Å². The summed E-state index contributed by atoms with van der Waals surface area (Å²) in [6.45, 7) is 1.03. The topological polar surface area (TPSA) is 61.4 Å². The van der Waals surface area contributed by atoms with Gasteiger partial charge in [-0.2, -0.15) is 0 Å². The third-order valence-corrected chi connectivity index (χ3v) is 4.46. The molecule has 1 aromatic rings. The quantitative estimate of drug-likeness (QED) is 0.776. The highest BCUT2D eigenvalue weighted by Crippen LogP contribution is 2.22. The number of β-amino-alcohol motifs (C(OH)–C–C–N with tert-alkyl or cyclic N) is 1. The van der Waals surface area contributed by atoms with Crippen molar-refractivity contribution in [2.45, 2.75) is 25.1 Å². The van der Waals surface area contributed by atoms with Gasteiger partial charge in [0.1, 0.15) is 0 Å². The predicted octanol–water partition coefficient (Wildman–Crippen LogP) is 0.850.